The van der Waals surface area contributed by atoms with Gasteiger partial charge in [-0.15, -0.1) is 0 Å². The van der Waals surface area contributed by atoms with Crippen LogP contribution in [-0.4, -0.2) is 51.3 Å². The van der Waals surface area contributed by atoms with Crippen molar-refractivity contribution in [1.82, 2.24) is 19.4 Å². The van der Waals surface area contributed by atoms with Gasteiger partial charge >= 0.3 is 0 Å². The first kappa shape index (κ1) is 13.9. The monoisotopic (exact) mass is 368 g/mol. The van der Waals surface area contributed by atoms with Crippen molar-refractivity contribution >= 4 is 39.3 Å². The lowest BCUT2D eigenvalue weighted by atomic mass is 10.2. The summed E-state index contributed by atoms with van der Waals surface area (Å²) in [6, 6.07) is 2.64. The number of hydrogen-bond acceptors (Lipinski definition) is 4. The molecule has 2 aliphatic rings. The molecule has 1 N–H and O–H groups in total. The van der Waals surface area contributed by atoms with Crippen LogP contribution in [0.1, 0.15) is 12.8 Å². The van der Waals surface area contributed by atoms with Crippen molar-refractivity contribution in [3.63, 3.8) is 0 Å². The molecule has 4 heterocycles. The summed E-state index contributed by atoms with van der Waals surface area (Å²) in [5.74, 6) is 0. The summed E-state index contributed by atoms with van der Waals surface area (Å²) < 4.78 is 9.75. The van der Waals surface area contributed by atoms with Crippen LogP contribution in [0.3, 0.4) is 0 Å². The van der Waals surface area contributed by atoms with Gasteiger partial charge in [-0.3, -0.25) is 9.47 Å². The summed E-state index contributed by atoms with van der Waals surface area (Å²) in [5, 5.41) is 0. The van der Waals surface area contributed by atoms with Crippen LogP contribution < -0.4 is 0 Å². The molecule has 5 nitrogen and oxygen atoms in total. The molecule has 2 fully saturated rings. The van der Waals surface area contributed by atoms with Crippen LogP contribution in [0.2, 0.25) is 0 Å². The lowest BCUT2D eigenvalue weighted by Crippen LogP contribution is -2.47. The van der Waals surface area contributed by atoms with Crippen LogP contribution in [-0.2, 0) is 11.3 Å². The van der Waals surface area contributed by atoms with E-state index in [-0.39, 0.29) is 6.10 Å². The van der Waals surface area contributed by atoms with E-state index in [1.165, 1.54) is 19.4 Å². The van der Waals surface area contributed by atoms with Gasteiger partial charge in [0.1, 0.15) is 0 Å². The van der Waals surface area contributed by atoms with Gasteiger partial charge in [0.25, 0.3) is 0 Å². The number of imidazole rings is 1. The fourth-order valence-corrected chi connectivity index (χ4v) is 3.99. The minimum atomic E-state index is 0.190. The van der Waals surface area contributed by atoms with Crippen molar-refractivity contribution in [2.24, 2.45) is 0 Å². The Morgan fingerprint density at radius 3 is 3.33 bits per heavy atom. The molecule has 4 rings (SSSR count). The lowest BCUT2D eigenvalue weighted by Gasteiger charge is -2.35. The molecule has 2 atom stereocenters. The highest BCUT2D eigenvalue weighted by molar-refractivity contribution is 9.10. The molecule has 2 aliphatic heterocycles. The molecule has 2 unspecified atom stereocenters. The van der Waals surface area contributed by atoms with Gasteiger partial charge in [0.05, 0.1) is 24.8 Å². The molecule has 0 aromatic carbocycles. The van der Waals surface area contributed by atoms with E-state index in [9.17, 15) is 0 Å². The number of aromatic amines is 1. The van der Waals surface area contributed by atoms with E-state index < -0.39 is 0 Å². The van der Waals surface area contributed by atoms with Gasteiger partial charge in [-0.1, -0.05) is 0 Å². The van der Waals surface area contributed by atoms with Crippen LogP contribution in [0.4, 0.5) is 0 Å². The van der Waals surface area contributed by atoms with Crippen LogP contribution in [0, 0.1) is 4.77 Å². The molecule has 0 aliphatic carbocycles. The Bertz CT molecular complexity index is 727. The molecule has 2 aromatic rings. The third-order valence-electron chi connectivity index (χ3n) is 4.42. The molecular formula is C14H17BrN4OS. The molecule has 2 saturated heterocycles. The average Bonchev–Trinajstić information content (AvgIpc) is 3.03. The largest absolute Gasteiger partial charge is 0.373 e. The third-order valence-corrected chi connectivity index (χ3v) is 5.18. The Hall–Kier alpha value is -0.760. The summed E-state index contributed by atoms with van der Waals surface area (Å²) in [5.41, 5.74) is 1.86. The van der Waals surface area contributed by atoms with E-state index in [1.807, 2.05) is 6.07 Å². The van der Waals surface area contributed by atoms with E-state index in [1.54, 1.807) is 6.20 Å². The van der Waals surface area contributed by atoms with E-state index in [0.29, 0.717) is 10.8 Å². The summed E-state index contributed by atoms with van der Waals surface area (Å²) in [4.78, 5) is 10.3. The maximum absolute atomic E-state index is 6.03. The molecule has 7 heteroatoms. The lowest BCUT2D eigenvalue weighted by molar-refractivity contribution is -0.0549. The van der Waals surface area contributed by atoms with Crippen molar-refractivity contribution in [2.45, 2.75) is 31.5 Å². The third kappa shape index (κ3) is 2.56. The number of halogens is 1. The highest BCUT2D eigenvalue weighted by Crippen LogP contribution is 2.24. The summed E-state index contributed by atoms with van der Waals surface area (Å²) >= 11 is 8.88. The highest BCUT2D eigenvalue weighted by Gasteiger charge is 2.32. The Morgan fingerprint density at radius 2 is 2.43 bits per heavy atom. The first-order chi connectivity index (χ1) is 10.2. The number of nitrogens with one attached hydrogen (secondary N) is 1. The van der Waals surface area contributed by atoms with Gasteiger partial charge in [0.2, 0.25) is 0 Å². The molecule has 112 valence electrons. The van der Waals surface area contributed by atoms with Crippen LogP contribution >= 0.6 is 28.1 Å². The Morgan fingerprint density at radius 1 is 1.52 bits per heavy atom. The summed E-state index contributed by atoms with van der Waals surface area (Å²) in [7, 11) is 0. The maximum atomic E-state index is 6.03. The standard InChI is InChI=1S/C14H17BrN4OS/c15-9-4-12-13(16-5-9)19(14(21)17-12)7-11-6-18-3-1-2-10(18)8-20-11/h4-5,10-11H,1-3,6-8H2,(H,17,21). The van der Waals surface area contributed by atoms with E-state index >= 15 is 0 Å². The molecule has 0 bridgehead atoms. The Kier molecular flexibility index (Phi) is 3.61. The van der Waals surface area contributed by atoms with Crippen LogP contribution in [0.5, 0.6) is 0 Å². The summed E-state index contributed by atoms with van der Waals surface area (Å²) in [6.45, 7) is 3.81. The van der Waals surface area contributed by atoms with Gasteiger partial charge < -0.3 is 9.72 Å². The molecule has 21 heavy (non-hydrogen) atoms. The van der Waals surface area contributed by atoms with Gasteiger partial charge in [-0.05, 0) is 53.6 Å². The SMILES string of the molecule is S=c1[nH]c2cc(Br)cnc2n1CC1CN2CCCC2CO1. The van der Waals surface area contributed by atoms with Crippen molar-refractivity contribution in [2.75, 3.05) is 19.7 Å². The maximum Gasteiger partial charge on any atom is 0.179 e. The number of rotatable bonds is 2. The predicted octanol–water partition coefficient (Wildman–Crippen LogP) is 2.72. The average molecular weight is 369 g/mol. The molecule has 0 radical (unpaired) electrons. The minimum Gasteiger partial charge on any atom is -0.373 e. The quantitative estimate of drug-likeness (QED) is 0.827. The Labute approximate surface area is 136 Å². The number of hydrogen-bond donors (Lipinski definition) is 1. The molecule has 0 amide bonds. The normalized spacial score (nSPS) is 26.3. The molecule has 0 spiro atoms. The van der Waals surface area contributed by atoms with Crippen molar-refractivity contribution in [3.8, 4) is 0 Å². The smallest absolute Gasteiger partial charge is 0.179 e. The molecule has 0 saturated carbocycles. The number of morpholine rings is 1. The van der Waals surface area contributed by atoms with Gasteiger partial charge in [0, 0.05) is 23.3 Å². The second kappa shape index (κ2) is 5.46. The number of pyridine rings is 1. The number of fused-ring (bicyclic) bond motifs is 2. The van der Waals surface area contributed by atoms with Crippen LogP contribution in [0.15, 0.2) is 16.7 Å². The summed E-state index contributed by atoms with van der Waals surface area (Å²) in [6.07, 6.45) is 4.56. The number of nitrogens with zero attached hydrogens (tertiary/aromatic N) is 3. The van der Waals surface area contributed by atoms with E-state index in [0.717, 1.165) is 35.3 Å². The van der Waals surface area contributed by atoms with E-state index in [2.05, 4.69) is 35.4 Å². The van der Waals surface area contributed by atoms with Gasteiger partial charge in [0.15, 0.2) is 10.4 Å². The first-order valence-electron chi connectivity index (χ1n) is 7.30. The minimum absolute atomic E-state index is 0.190. The molecule has 2 aromatic heterocycles. The number of aromatic nitrogens is 3. The second-order valence-electron chi connectivity index (χ2n) is 5.81. The first-order valence-corrected chi connectivity index (χ1v) is 8.50. The van der Waals surface area contributed by atoms with E-state index in [4.69, 9.17) is 17.0 Å². The zero-order valence-corrected chi connectivity index (χ0v) is 14.0. The van der Waals surface area contributed by atoms with Crippen molar-refractivity contribution in [3.05, 3.63) is 21.5 Å². The fourth-order valence-electron chi connectivity index (χ4n) is 3.39. The van der Waals surface area contributed by atoms with Gasteiger partial charge in [-0.2, -0.15) is 0 Å². The zero-order chi connectivity index (χ0) is 14.4. The number of H-pyrrole nitrogens is 1. The number of ether oxygens (including phenoxy) is 1. The molecular weight excluding hydrogens is 352 g/mol. The van der Waals surface area contributed by atoms with Crippen molar-refractivity contribution < 1.29 is 4.74 Å². The van der Waals surface area contributed by atoms with Gasteiger partial charge in [-0.25, -0.2) is 4.98 Å². The second-order valence-corrected chi connectivity index (χ2v) is 7.11. The van der Waals surface area contributed by atoms with Crippen molar-refractivity contribution in [1.29, 1.82) is 0 Å². The Balaban J connectivity index is 1.59. The fraction of sp³-hybridized carbons (Fsp3) is 0.571. The highest BCUT2D eigenvalue weighted by atomic mass is 79.9. The van der Waals surface area contributed by atoms with Crippen LogP contribution in [0.25, 0.3) is 11.2 Å². The predicted molar refractivity (Wildman–Crippen MR) is 87.0 cm³/mol. The topological polar surface area (TPSA) is 46.1 Å². The zero-order valence-electron chi connectivity index (χ0n) is 11.6.